The number of nitrogens with one attached hydrogen (secondary N) is 2. The summed E-state index contributed by atoms with van der Waals surface area (Å²) in [7, 11) is 0. The highest BCUT2D eigenvalue weighted by atomic mass is 127. The Morgan fingerprint density at radius 2 is 2.04 bits per heavy atom. The Balaban J connectivity index is 0.00000338. The van der Waals surface area contributed by atoms with Crippen LogP contribution in [0.15, 0.2) is 21.8 Å². The molecule has 0 spiro atoms. The normalized spacial score (nSPS) is 15.7. The van der Waals surface area contributed by atoms with Gasteiger partial charge in [0.05, 0.1) is 6.54 Å². The molecule has 2 rings (SSSR count). The van der Waals surface area contributed by atoms with Gasteiger partial charge in [-0.25, -0.2) is 4.99 Å². The number of carbonyl (C=O) groups excluding carboxylic acids is 1. The van der Waals surface area contributed by atoms with E-state index in [2.05, 4.69) is 34.6 Å². The molecule has 1 aromatic rings. The summed E-state index contributed by atoms with van der Waals surface area (Å²) in [6, 6.07) is 2.15. The van der Waals surface area contributed by atoms with Crippen LogP contribution in [0.1, 0.15) is 52.1 Å². The highest BCUT2D eigenvalue weighted by Crippen LogP contribution is 2.17. The van der Waals surface area contributed by atoms with Crippen molar-refractivity contribution in [1.29, 1.82) is 0 Å². The first-order valence-corrected chi connectivity index (χ1v) is 9.40. The predicted octanol–water partition coefficient (Wildman–Crippen LogP) is 2.77. The highest BCUT2D eigenvalue weighted by Gasteiger charge is 2.26. The van der Waals surface area contributed by atoms with Crippen molar-refractivity contribution in [1.82, 2.24) is 20.7 Å². The van der Waals surface area contributed by atoms with Crippen molar-refractivity contribution >= 4 is 35.8 Å². The molecule has 2 heterocycles. The molecule has 2 N–H and O–H groups in total. The van der Waals surface area contributed by atoms with E-state index >= 15 is 0 Å². The molecular weight excluding hydrogens is 445 g/mol. The fourth-order valence-corrected chi connectivity index (χ4v) is 3.13. The first kappa shape index (κ1) is 22.7. The molecule has 0 aromatic carbocycles. The minimum Gasteiger partial charge on any atom is -0.364 e. The molecule has 1 fully saturated rings. The molecule has 8 heteroatoms. The molecule has 26 heavy (non-hydrogen) atoms. The van der Waals surface area contributed by atoms with E-state index in [0.717, 1.165) is 57.0 Å². The van der Waals surface area contributed by atoms with E-state index in [1.807, 2.05) is 17.9 Å². The molecule has 1 saturated heterocycles. The van der Waals surface area contributed by atoms with Gasteiger partial charge in [-0.15, -0.1) is 24.0 Å². The summed E-state index contributed by atoms with van der Waals surface area (Å²) < 4.78 is 4.83. The largest absolute Gasteiger partial charge is 0.364 e. The molecule has 0 radical (unpaired) electrons. The van der Waals surface area contributed by atoms with E-state index < -0.39 is 0 Å². The number of hydrogen-bond acceptors (Lipinski definition) is 4. The number of aromatic nitrogens is 1. The Bertz CT molecular complexity index is 538. The van der Waals surface area contributed by atoms with Gasteiger partial charge in [-0.2, -0.15) is 0 Å². The van der Waals surface area contributed by atoms with Gasteiger partial charge >= 0.3 is 0 Å². The van der Waals surface area contributed by atoms with Crippen LogP contribution in [0.2, 0.25) is 0 Å². The summed E-state index contributed by atoms with van der Waals surface area (Å²) in [6.45, 7) is 9.15. The Kier molecular flexibility index (Phi) is 10.6. The number of nitrogens with zero attached hydrogens (tertiary/aromatic N) is 3. The van der Waals surface area contributed by atoms with E-state index in [0.29, 0.717) is 18.5 Å². The number of guanidine groups is 1. The summed E-state index contributed by atoms with van der Waals surface area (Å²) in [5.74, 6) is 1.27. The highest BCUT2D eigenvalue weighted by molar-refractivity contribution is 14.0. The van der Waals surface area contributed by atoms with Crippen molar-refractivity contribution in [3.8, 4) is 0 Å². The lowest BCUT2D eigenvalue weighted by Crippen LogP contribution is -2.50. The molecular formula is C18H32IN5O2. The van der Waals surface area contributed by atoms with E-state index in [1.165, 1.54) is 0 Å². The van der Waals surface area contributed by atoms with Crippen LogP contribution in [0.4, 0.5) is 0 Å². The van der Waals surface area contributed by atoms with Crippen molar-refractivity contribution in [2.45, 2.75) is 59.0 Å². The zero-order chi connectivity index (χ0) is 18.1. The number of likely N-dealkylation sites (tertiary alicyclic amines) is 1. The Morgan fingerprint density at radius 1 is 1.35 bits per heavy atom. The Morgan fingerprint density at radius 3 is 2.58 bits per heavy atom. The fourth-order valence-electron chi connectivity index (χ4n) is 3.13. The van der Waals surface area contributed by atoms with Gasteiger partial charge in [0.2, 0.25) is 5.91 Å². The third-order valence-corrected chi connectivity index (χ3v) is 4.72. The average molecular weight is 477 g/mol. The topological polar surface area (TPSA) is 82.8 Å². The SMILES string of the molecule is CCNC(=NCc1ccon1)NC1CCN(C(=O)C(CC)CC)CC1.I. The number of halogens is 1. The second-order valence-electron chi connectivity index (χ2n) is 6.44. The molecule has 0 bridgehead atoms. The number of amides is 1. The van der Waals surface area contributed by atoms with Gasteiger partial charge in [-0.1, -0.05) is 19.0 Å². The van der Waals surface area contributed by atoms with Crippen molar-refractivity contribution in [3.05, 3.63) is 18.0 Å². The van der Waals surface area contributed by atoms with Crippen LogP contribution in [-0.2, 0) is 11.3 Å². The smallest absolute Gasteiger partial charge is 0.225 e. The lowest BCUT2D eigenvalue weighted by atomic mass is 9.98. The lowest BCUT2D eigenvalue weighted by molar-refractivity contribution is -0.136. The maximum atomic E-state index is 12.5. The second kappa shape index (κ2) is 12.1. The van der Waals surface area contributed by atoms with Crippen molar-refractivity contribution < 1.29 is 9.32 Å². The van der Waals surface area contributed by atoms with Gasteiger partial charge in [0, 0.05) is 37.7 Å². The maximum Gasteiger partial charge on any atom is 0.225 e. The molecule has 1 aliphatic heterocycles. The van der Waals surface area contributed by atoms with Crippen LogP contribution < -0.4 is 10.6 Å². The van der Waals surface area contributed by atoms with E-state index in [1.54, 1.807) is 6.26 Å². The third-order valence-electron chi connectivity index (χ3n) is 4.72. The molecule has 1 amide bonds. The summed E-state index contributed by atoms with van der Waals surface area (Å²) in [5, 5.41) is 10.6. The molecule has 0 atom stereocenters. The van der Waals surface area contributed by atoms with Gasteiger partial charge in [0.25, 0.3) is 0 Å². The first-order valence-electron chi connectivity index (χ1n) is 9.40. The molecule has 1 aromatic heterocycles. The standard InChI is InChI=1S/C18H31N5O2.HI/c1-4-14(5-2)17(24)23-10-7-15(8-11-23)21-18(19-6-3)20-13-16-9-12-25-22-16;/h9,12,14-15H,4-8,10-11,13H2,1-3H3,(H2,19,20,21);1H. The molecule has 7 nitrogen and oxygen atoms in total. The number of aliphatic imine (C=N–C) groups is 1. The van der Waals surface area contributed by atoms with Crippen LogP contribution in [0.25, 0.3) is 0 Å². The van der Waals surface area contributed by atoms with Gasteiger partial charge in [0.1, 0.15) is 12.0 Å². The second-order valence-corrected chi connectivity index (χ2v) is 6.44. The lowest BCUT2D eigenvalue weighted by Gasteiger charge is -2.34. The summed E-state index contributed by atoms with van der Waals surface area (Å²) in [4.78, 5) is 19.1. The molecule has 0 unspecified atom stereocenters. The maximum absolute atomic E-state index is 12.5. The Hall–Kier alpha value is -1.32. The summed E-state index contributed by atoms with van der Waals surface area (Å²) in [5.41, 5.74) is 0.808. The summed E-state index contributed by atoms with van der Waals surface area (Å²) in [6.07, 6.45) is 5.29. The third kappa shape index (κ3) is 6.77. The van der Waals surface area contributed by atoms with E-state index in [4.69, 9.17) is 4.52 Å². The van der Waals surface area contributed by atoms with Crippen LogP contribution in [0.5, 0.6) is 0 Å². The van der Waals surface area contributed by atoms with Gasteiger partial charge in [-0.3, -0.25) is 4.79 Å². The molecule has 1 aliphatic rings. The minimum atomic E-state index is 0. The average Bonchev–Trinajstić information content (AvgIpc) is 3.15. The first-order chi connectivity index (χ1) is 12.2. The van der Waals surface area contributed by atoms with Crippen molar-refractivity contribution in [2.24, 2.45) is 10.9 Å². The van der Waals surface area contributed by atoms with Gasteiger partial charge in [0.15, 0.2) is 5.96 Å². The summed E-state index contributed by atoms with van der Waals surface area (Å²) >= 11 is 0. The number of hydrogen-bond donors (Lipinski definition) is 2. The predicted molar refractivity (Wildman–Crippen MR) is 114 cm³/mol. The zero-order valence-electron chi connectivity index (χ0n) is 16.0. The monoisotopic (exact) mass is 477 g/mol. The molecule has 148 valence electrons. The number of rotatable bonds is 7. The Labute approximate surface area is 173 Å². The van der Waals surface area contributed by atoms with Crippen molar-refractivity contribution in [2.75, 3.05) is 19.6 Å². The number of piperidine rings is 1. The quantitative estimate of drug-likeness (QED) is 0.359. The van der Waals surface area contributed by atoms with E-state index in [9.17, 15) is 4.79 Å². The van der Waals surface area contributed by atoms with E-state index in [-0.39, 0.29) is 29.9 Å². The fraction of sp³-hybridized carbons (Fsp3) is 0.722. The van der Waals surface area contributed by atoms with Gasteiger partial charge < -0.3 is 20.1 Å². The van der Waals surface area contributed by atoms with Crippen LogP contribution in [0.3, 0.4) is 0 Å². The zero-order valence-corrected chi connectivity index (χ0v) is 18.4. The van der Waals surface area contributed by atoms with Crippen LogP contribution in [-0.4, -0.2) is 47.6 Å². The van der Waals surface area contributed by atoms with Gasteiger partial charge in [-0.05, 0) is 32.6 Å². The van der Waals surface area contributed by atoms with Crippen LogP contribution >= 0.6 is 24.0 Å². The number of carbonyl (C=O) groups is 1. The minimum absolute atomic E-state index is 0. The molecule has 0 aliphatic carbocycles. The molecule has 0 saturated carbocycles. The van der Waals surface area contributed by atoms with Crippen molar-refractivity contribution in [3.63, 3.8) is 0 Å². The van der Waals surface area contributed by atoms with Crippen LogP contribution in [0, 0.1) is 5.92 Å².